The lowest BCUT2D eigenvalue weighted by molar-refractivity contribution is -0.384. The predicted molar refractivity (Wildman–Crippen MR) is 154 cm³/mol. The molecule has 1 fully saturated rings. The monoisotopic (exact) mass is 760 g/mol. The highest BCUT2D eigenvalue weighted by Gasteiger charge is 2.69. The van der Waals surface area contributed by atoms with E-state index in [2.05, 4.69) is 9.50 Å². The third kappa shape index (κ3) is 10.7. The molecule has 51 heavy (non-hydrogen) atoms. The van der Waals surface area contributed by atoms with E-state index >= 15 is 0 Å². The van der Waals surface area contributed by atoms with Crippen LogP contribution in [0.5, 0.6) is 5.75 Å². The molecule has 1 aliphatic heterocycles. The zero-order chi connectivity index (χ0) is 39.1. The molecule has 1 heterocycles. The van der Waals surface area contributed by atoms with Crippen molar-refractivity contribution in [2.75, 3.05) is 13.7 Å². The molecule has 24 heteroatoms. The van der Waals surface area contributed by atoms with Gasteiger partial charge in [0.25, 0.3) is 5.69 Å². The SMILES string of the molecule is COC(=O)[C@]1(Oc2ccc([N+](=O)[O-])cc2)O[C@@H]([C@H](OC(C)=O)[C@@H](COC(C)=O)OC(C)=O)[C@H](NC(C)=O)[C@@H](OC(C)=O)[C@@H]1OS(=O)(=O)C(F)(F)F. The number of esters is 5. The molecular weight excluding hydrogens is 729 g/mol. The van der Waals surface area contributed by atoms with Crippen molar-refractivity contribution < 1.29 is 92.6 Å². The standard InChI is InChI=1S/C27H31F3N2O18S/c1-12(33)31-20-22(21(46-15(4)36)19(45-14(3)35)11-44-13(2)34)49-26(25(38)43-6,48-18-9-7-17(8-10-18)32(39)40)24(23(20)47-16(5)37)50-51(41,42)27(28,29)30/h7-10,19-24H,11H2,1-6H3,(H,31,33)/t19-,20+,21-,22-,23-,24+,26-/m1/s1. The zero-order valence-electron chi connectivity index (χ0n) is 27.3. The summed E-state index contributed by atoms with van der Waals surface area (Å²) >= 11 is 0. The minimum absolute atomic E-state index is 0.572. The predicted octanol–water partition coefficient (Wildman–Crippen LogP) is 0.339. The van der Waals surface area contributed by atoms with Crippen molar-refractivity contribution in [3.8, 4) is 5.75 Å². The van der Waals surface area contributed by atoms with Crippen LogP contribution in [-0.2, 0) is 71.5 Å². The number of carbonyl (C=O) groups is 6. The van der Waals surface area contributed by atoms with E-state index in [0.29, 0.717) is 14.0 Å². The Bertz CT molecular complexity index is 1620. The van der Waals surface area contributed by atoms with Gasteiger partial charge in [-0.1, -0.05) is 0 Å². The van der Waals surface area contributed by atoms with E-state index in [1.54, 1.807) is 0 Å². The summed E-state index contributed by atoms with van der Waals surface area (Å²) in [6.45, 7) is 3.11. The van der Waals surface area contributed by atoms with Gasteiger partial charge < -0.3 is 38.5 Å². The molecule has 2 rings (SSSR count). The van der Waals surface area contributed by atoms with Crippen LogP contribution in [0.3, 0.4) is 0 Å². The number of nitro benzene ring substituents is 1. The molecule has 7 atom stereocenters. The molecule has 1 N–H and O–H groups in total. The van der Waals surface area contributed by atoms with Crippen LogP contribution in [0.15, 0.2) is 24.3 Å². The van der Waals surface area contributed by atoms with Crippen LogP contribution in [0.4, 0.5) is 18.9 Å². The van der Waals surface area contributed by atoms with Gasteiger partial charge in [0, 0.05) is 46.8 Å². The Morgan fingerprint density at radius 1 is 0.961 bits per heavy atom. The molecule has 0 saturated carbocycles. The fourth-order valence-corrected chi connectivity index (χ4v) is 5.25. The minimum Gasteiger partial charge on any atom is -0.464 e. The molecule has 0 radical (unpaired) electrons. The average Bonchev–Trinajstić information content (AvgIpc) is 2.99. The molecule has 1 aliphatic rings. The van der Waals surface area contributed by atoms with Crippen LogP contribution in [0.2, 0.25) is 0 Å². The first-order valence-corrected chi connectivity index (χ1v) is 15.5. The first kappa shape index (κ1) is 42.1. The second-order valence-corrected chi connectivity index (χ2v) is 11.9. The lowest BCUT2D eigenvalue weighted by atomic mass is 9.85. The number of non-ortho nitro benzene ring substituents is 1. The topological polar surface area (TPSA) is 266 Å². The maximum atomic E-state index is 13.8. The van der Waals surface area contributed by atoms with Gasteiger partial charge in [-0.15, -0.1) is 0 Å². The van der Waals surface area contributed by atoms with Gasteiger partial charge in [-0.25, -0.2) is 8.98 Å². The van der Waals surface area contributed by atoms with Gasteiger partial charge in [0.05, 0.1) is 18.1 Å². The van der Waals surface area contributed by atoms with E-state index < -0.39 is 117 Å². The van der Waals surface area contributed by atoms with Crippen LogP contribution in [0, 0.1) is 10.1 Å². The number of methoxy groups -OCH3 is 1. The van der Waals surface area contributed by atoms with Crippen LogP contribution in [-0.4, -0.2) is 111 Å². The van der Waals surface area contributed by atoms with Gasteiger partial charge in [-0.3, -0.25) is 34.1 Å². The first-order chi connectivity index (χ1) is 23.4. The largest absolute Gasteiger partial charge is 0.523 e. The van der Waals surface area contributed by atoms with Crippen molar-refractivity contribution in [1.29, 1.82) is 0 Å². The molecule has 0 unspecified atom stereocenters. The summed E-state index contributed by atoms with van der Waals surface area (Å²) in [6, 6.07) is 0.929. The van der Waals surface area contributed by atoms with Gasteiger partial charge in [0.2, 0.25) is 5.91 Å². The smallest absolute Gasteiger partial charge is 0.464 e. The number of carbonyl (C=O) groups excluding carboxylic acids is 6. The lowest BCUT2D eigenvalue weighted by Gasteiger charge is -2.51. The van der Waals surface area contributed by atoms with Crippen LogP contribution >= 0.6 is 0 Å². The summed E-state index contributed by atoms with van der Waals surface area (Å²) in [6.07, 6.45) is -12.2. The Balaban J connectivity index is 3.12. The molecule has 1 amide bonds. The highest BCUT2D eigenvalue weighted by molar-refractivity contribution is 7.87. The Labute approximate surface area is 286 Å². The number of hydrogen-bond donors (Lipinski definition) is 1. The minimum atomic E-state index is -6.82. The Morgan fingerprint density at radius 2 is 1.53 bits per heavy atom. The fraction of sp³-hybridized carbons (Fsp3) is 0.556. The fourth-order valence-electron chi connectivity index (χ4n) is 4.64. The molecule has 1 aromatic rings. The van der Waals surface area contributed by atoms with E-state index in [1.807, 2.05) is 0 Å². The number of nitro groups is 1. The van der Waals surface area contributed by atoms with Gasteiger partial charge >= 0.3 is 51.3 Å². The number of ether oxygens (including phenoxy) is 7. The Hall–Kier alpha value is -5.10. The number of halogens is 3. The van der Waals surface area contributed by atoms with Gasteiger partial charge in [-0.05, 0) is 12.1 Å². The van der Waals surface area contributed by atoms with Crippen LogP contribution in [0.1, 0.15) is 34.6 Å². The van der Waals surface area contributed by atoms with Crippen molar-refractivity contribution in [1.82, 2.24) is 5.32 Å². The van der Waals surface area contributed by atoms with Gasteiger partial charge in [0.1, 0.15) is 18.5 Å². The third-order valence-corrected chi connectivity index (χ3v) is 7.45. The summed E-state index contributed by atoms with van der Waals surface area (Å²) in [5, 5.41) is 13.3. The second-order valence-electron chi connectivity index (χ2n) is 10.3. The molecule has 1 saturated heterocycles. The second kappa shape index (κ2) is 16.7. The third-order valence-electron chi connectivity index (χ3n) is 6.43. The molecule has 0 aromatic heterocycles. The normalized spacial score (nSPS) is 23.0. The Kier molecular flexibility index (Phi) is 13.8. The molecular formula is C27H31F3N2O18S. The average molecular weight is 761 g/mol. The maximum absolute atomic E-state index is 13.8. The van der Waals surface area contributed by atoms with Gasteiger partial charge in [0.15, 0.2) is 24.4 Å². The molecule has 0 bridgehead atoms. The lowest BCUT2D eigenvalue weighted by Crippen LogP contribution is -2.77. The summed E-state index contributed by atoms with van der Waals surface area (Å²) in [5.41, 5.74) is -6.80. The molecule has 0 aliphatic carbocycles. The number of alkyl halides is 3. The number of nitrogens with zero attached hydrogens (tertiary/aromatic N) is 1. The highest BCUT2D eigenvalue weighted by Crippen LogP contribution is 2.42. The van der Waals surface area contributed by atoms with E-state index in [9.17, 15) is 60.5 Å². The molecule has 284 valence electrons. The van der Waals surface area contributed by atoms with Crippen molar-refractivity contribution in [2.45, 2.75) is 82.5 Å². The quantitative estimate of drug-likeness (QED) is 0.0669. The number of hydrogen-bond acceptors (Lipinski definition) is 18. The van der Waals surface area contributed by atoms with Crippen molar-refractivity contribution in [3.63, 3.8) is 0 Å². The van der Waals surface area contributed by atoms with E-state index in [-0.39, 0.29) is 0 Å². The molecule has 0 spiro atoms. The number of nitrogens with one attached hydrogen (secondary N) is 1. The Morgan fingerprint density at radius 3 is 1.96 bits per heavy atom. The summed E-state index contributed by atoms with van der Waals surface area (Å²) in [7, 11) is -6.21. The number of amides is 1. The van der Waals surface area contributed by atoms with Crippen molar-refractivity contribution in [3.05, 3.63) is 34.4 Å². The van der Waals surface area contributed by atoms with E-state index in [0.717, 1.165) is 52.0 Å². The van der Waals surface area contributed by atoms with E-state index in [1.165, 1.54) is 0 Å². The van der Waals surface area contributed by atoms with Crippen LogP contribution in [0.25, 0.3) is 0 Å². The number of benzene rings is 1. The van der Waals surface area contributed by atoms with Crippen LogP contribution < -0.4 is 10.1 Å². The summed E-state index contributed by atoms with van der Waals surface area (Å²) in [4.78, 5) is 85.2. The maximum Gasteiger partial charge on any atom is 0.523 e. The van der Waals surface area contributed by atoms with Crippen molar-refractivity contribution >= 4 is 51.6 Å². The first-order valence-electron chi connectivity index (χ1n) is 14.1. The number of rotatable bonds is 14. The summed E-state index contributed by atoms with van der Waals surface area (Å²) in [5.74, 6) is -12.1. The zero-order valence-corrected chi connectivity index (χ0v) is 28.1. The summed E-state index contributed by atoms with van der Waals surface area (Å²) < 4.78 is 107. The van der Waals surface area contributed by atoms with Crippen molar-refractivity contribution in [2.24, 2.45) is 0 Å². The molecule has 1 aromatic carbocycles. The van der Waals surface area contributed by atoms with E-state index in [4.69, 9.17) is 33.2 Å². The highest BCUT2D eigenvalue weighted by atomic mass is 32.2. The molecule has 20 nitrogen and oxygen atoms in total. The van der Waals surface area contributed by atoms with Gasteiger partial charge in [-0.2, -0.15) is 21.6 Å².